The summed E-state index contributed by atoms with van der Waals surface area (Å²) in [5, 5.41) is 4.97. The molecule has 3 aromatic rings. The number of fused-ring (bicyclic) bond motifs is 1. The average molecular weight is 481 g/mol. The zero-order valence-corrected chi connectivity index (χ0v) is 19.0. The summed E-state index contributed by atoms with van der Waals surface area (Å²) in [7, 11) is 1.58. The van der Waals surface area contributed by atoms with Crippen LogP contribution in [0.4, 0.5) is 5.69 Å². The van der Waals surface area contributed by atoms with E-state index >= 15 is 0 Å². The summed E-state index contributed by atoms with van der Waals surface area (Å²) >= 11 is 19.0. The number of hydrogen-bond donors (Lipinski definition) is 1. The third-order valence-electron chi connectivity index (χ3n) is 4.79. The summed E-state index contributed by atoms with van der Waals surface area (Å²) in [6, 6.07) is 14.6. The molecular weight excluding hydrogens is 461 g/mol. The molecule has 0 radical (unpaired) electrons. The highest BCUT2D eigenvalue weighted by Gasteiger charge is 2.15. The Hall–Kier alpha value is -2.47. The van der Waals surface area contributed by atoms with Gasteiger partial charge in [0.25, 0.3) is 0 Å². The second kappa shape index (κ2) is 9.77. The van der Waals surface area contributed by atoms with Gasteiger partial charge in [-0.15, -0.1) is 0 Å². The van der Waals surface area contributed by atoms with E-state index in [1.807, 2.05) is 24.3 Å². The van der Waals surface area contributed by atoms with Gasteiger partial charge in [0.1, 0.15) is 19.8 Å². The Bertz CT molecular complexity index is 1070. The van der Waals surface area contributed by atoms with Crippen LogP contribution < -0.4 is 24.3 Å². The molecule has 4 rings (SSSR count). The fourth-order valence-electron chi connectivity index (χ4n) is 3.16. The number of rotatable bonds is 7. The van der Waals surface area contributed by atoms with E-state index in [9.17, 15) is 0 Å². The van der Waals surface area contributed by atoms with E-state index in [1.54, 1.807) is 31.4 Å². The van der Waals surface area contributed by atoms with E-state index in [1.165, 1.54) is 0 Å². The third kappa shape index (κ3) is 5.06. The molecule has 0 saturated carbocycles. The normalized spacial score (nSPS) is 12.4. The number of hydrogen-bond acceptors (Lipinski definition) is 5. The second-order valence-corrected chi connectivity index (χ2v) is 8.02. The van der Waals surface area contributed by atoms with Crippen LogP contribution in [0.25, 0.3) is 0 Å². The lowest BCUT2D eigenvalue weighted by Gasteiger charge is -2.19. The zero-order valence-electron chi connectivity index (χ0n) is 16.7. The van der Waals surface area contributed by atoms with Crippen LogP contribution in [0, 0.1) is 0 Å². The largest absolute Gasteiger partial charge is 0.493 e. The first-order chi connectivity index (χ1) is 15.0. The van der Waals surface area contributed by atoms with Crippen molar-refractivity contribution >= 4 is 40.5 Å². The summed E-state index contributed by atoms with van der Waals surface area (Å²) in [4.78, 5) is 0. The van der Waals surface area contributed by atoms with Crippen LogP contribution in [-0.4, -0.2) is 20.3 Å². The predicted molar refractivity (Wildman–Crippen MR) is 124 cm³/mol. The van der Waals surface area contributed by atoms with Crippen molar-refractivity contribution in [1.82, 2.24) is 0 Å². The van der Waals surface area contributed by atoms with Crippen LogP contribution in [0.5, 0.6) is 23.0 Å². The Labute approximate surface area is 195 Å². The van der Waals surface area contributed by atoms with Crippen molar-refractivity contribution in [2.24, 2.45) is 0 Å². The molecule has 3 aromatic carbocycles. The van der Waals surface area contributed by atoms with Gasteiger partial charge < -0.3 is 24.3 Å². The Morgan fingerprint density at radius 3 is 2.35 bits per heavy atom. The molecule has 1 N–H and O–H groups in total. The number of nitrogens with one attached hydrogen (secondary N) is 1. The second-order valence-electron chi connectivity index (χ2n) is 6.80. The minimum absolute atomic E-state index is 0.194. The first-order valence-electron chi connectivity index (χ1n) is 9.61. The molecule has 0 unspecified atom stereocenters. The standard InChI is InChI=1S/C23H20Cl3NO4/c1-28-21-9-14(12-27-15-5-6-20-22(10-15)30-8-7-29-20)19(26)11-23(21)31-13-16-17(24)3-2-4-18(16)25/h2-6,9-11,27H,7-8,12-13H2,1H3. The molecule has 1 aliphatic heterocycles. The number of ether oxygens (including phenoxy) is 4. The van der Waals surface area contributed by atoms with E-state index < -0.39 is 0 Å². The van der Waals surface area contributed by atoms with Crippen molar-refractivity contribution in [1.29, 1.82) is 0 Å². The van der Waals surface area contributed by atoms with Gasteiger partial charge in [0.15, 0.2) is 23.0 Å². The number of benzene rings is 3. The molecule has 0 atom stereocenters. The van der Waals surface area contributed by atoms with Crippen molar-refractivity contribution in [3.05, 3.63) is 74.7 Å². The van der Waals surface area contributed by atoms with Crippen molar-refractivity contribution in [3.63, 3.8) is 0 Å². The average Bonchev–Trinajstić information content (AvgIpc) is 2.78. The maximum atomic E-state index is 6.51. The molecule has 0 saturated heterocycles. The summed E-state index contributed by atoms with van der Waals surface area (Å²) in [6.45, 7) is 1.79. The number of methoxy groups -OCH3 is 1. The lowest BCUT2D eigenvalue weighted by molar-refractivity contribution is 0.171. The van der Waals surface area contributed by atoms with Crippen LogP contribution in [0.3, 0.4) is 0 Å². The van der Waals surface area contributed by atoms with Crippen molar-refractivity contribution < 1.29 is 18.9 Å². The molecule has 162 valence electrons. The molecule has 0 fully saturated rings. The summed E-state index contributed by atoms with van der Waals surface area (Å²) < 4.78 is 22.6. The topological polar surface area (TPSA) is 49.0 Å². The summed E-state index contributed by atoms with van der Waals surface area (Å²) in [5.41, 5.74) is 2.46. The van der Waals surface area contributed by atoms with Crippen LogP contribution in [0.1, 0.15) is 11.1 Å². The molecule has 0 aromatic heterocycles. The summed E-state index contributed by atoms with van der Waals surface area (Å²) in [6.07, 6.45) is 0. The van der Waals surface area contributed by atoms with Crippen LogP contribution in [0.15, 0.2) is 48.5 Å². The van der Waals surface area contributed by atoms with E-state index in [0.717, 1.165) is 22.7 Å². The monoisotopic (exact) mass is 479 g/mol. The maximum absolute atomic E-state index is 6.51. The fourth-order valence-corrected chi connectivity index (χ4v) is 3.88. The molecule has 0 bridgehead atoms. The Balaban J connectivity index is 1.47. The van der Waals surface area contributed by atoms with Crippen LogP contribution in [0.2, 0.25) is 15.1 Å². The van der Waals surface area contributed by atoms with Gasteiger partial charge in [0.2, 0.25) is 0 Å². The van der Waals surface area contributed by atoms with Gasteiger partial charge in [0, 0.05) is 45.0 Å². The highest BCUT2D eigenvalue weighted by molar-refractivity contribution is 6.36. The van der Waals surface area contributed by atoms with Gasteiger partial charge in [-0.3, -0.25) is 0 Å². The van der Waals surface area contributed by atoms with Gasteiger partial charge in [-0.05, 0) is 35.9 Å². The first-order valence-corrected chi connectivity index (χ1v) is 10.7. The molecule has 5 nitrogen and oxygen atoms in total. The van der Waals surface area contributed by atoms with E-state index in [0.29, 0.717) is 51.9 Å². The smallest absolute Gasteiger partial charge is 0.163 e. The van der Waals surface area contributed by atoms with Gasteiger partial charge in [-0.2, -0.15) is 0 Å². The molecule has 0 amide bonds. The lowest BCUT2D eigenvalue weighted by atomic mass is 10.1. The Kier molecular flexibility index (Phi) is 6.86. The molecule has 0 aliphatic carbocycles. The number of halogens is 3. The zero-order chi connectivity index (χ0) is 21.8. The predicted octanol–water partition coefficient (Wildman–Crippen LogP) is 6.62. The van der Waals surface area contributed by atoms with Crippen LogP contribution >= 0.6 is 34.8 Å². The van der Waals surface area contributed by atoms with Crippen LogP contribution in [-0.2, 0) is 13.2 Å². The highest BCUT2D eigenvalue weighted by atomic mass is 35.5. The van der Waals surface area contributed by atoms with E-state index in [4.69, 9.17) is 53.8 Å². The molecule has 1 heterocycles. The minimum Gasteiger partial charge on any atom is -0.493 e. The maximum Gasteiger partial charge on any atom is 0.163 e. The Morgan fingerprint density at radius 2 is 1.61 bits per heavy atom. The molecule has 31 heavy (non-hydrogen) atoms. The fraction of sp³-hybridized carbons (Fsp3) is 0.217. The molecule has 0 spiro atoms. The first kappa shape index (κ1) is 21.8. The molecular formula is C23H20Cl3NO4. The van der Waals surface area contributed by atoms with Crippen molar-refractivity contribution in [3.8, 4) is 23.0 Å². The molecule has 1 aliphatic rings. The third-order valence-corrected chi connectivity index (χ3v) is 5.85. The summed E-state index contributed by atoms with van der Waals surface area (Å²) in [5.74, 6) is 2.54. The molecule has 8 heteroatoms. The van der Waals surface area contributed by atoms with Gasteiger partial charge in [-0.25, -0.2) is 0 Å². The quantitative estimate of drug-likeness (QED) is 0.412. The highest BCUT2D eigenvalue weighted by Crippen LogP contribution is 2.36. The lowest BCUT2D eigenvalue weighted by Crippen LogP contribution is -2.15. The van der Waals surface area contributed by atoms with E-state index in [-0.39, 0.29) is 6.61 Å². The minimum atomic E-state index is 0.194. The van der Waals surface area contributed by atoms with Gasteiger partial charge >= 0.3 is 0 Å². The SMILES string of the molecule is COc1cc(CNc2ccc3c(c2)OCCO3)c(Cl)cc1OCc1c(Cl)cccc1Cl. The number of anilines is 1. The van der Waals surface area contributed by atoms with E-state index in [2.05, 4.69) is 5.32 Å². The van der Waals surface area contributed by atoms with Gasteiger partial charge in [-0.1, -0.05) is 40.9 Å². The van der Waals surface area contributed by atoms with Crippen molar-refractivity contribution in [2.75, 3.05) is 25.6 Å². The van der Waals surface area contributed by atoms with Gasteiger partial charge in [0.05, 0.1) is 7.11 Å². The Morgan fingerprint density at radius 1 is 0.871 bits per heavy atom. The van der Waals surface area contributed by atoms with Crippen molar-refractivity contribution in [2.45, 2.75) is 13.2 Å².